The number of benzene rings is 1. The van der Waals surface area contributed by atoms with Crippen molar-refractivity contribution >= 4 is 17.3 Å². The number of rotatable bonds is 2. The molecule has 1 aliphatic rings. The Morgan fingerprint density at radius 2 is 2.05 bits per heavy atom. The van der Waals surface area contributed by atoms with E-state index >= 15 is 0 Å². The molecular weight excluding hydrogens is 282 g/mol. The quantitative estimate of drug-likeness (QED) is 0.862. The van der Waals surface area contributed by atoms with Crippen LogP contribution >= 0.6 is 0 Å². The van der Waals surface area contributed by atoms with Gasteiger partial charge in [-0.05, 0) is 39.8 Å². The Hall–Kier alpha value is -2.50. The third-order valence-electron chi connectivity index (χ3n) is 3.92. The van der Waals surface area contributed by atoms with Crippen LogP contribution in [-0.4, -0.2) is 16.7 Å². The highest BCUT2D eigenvalue weighted by Crippen LogP contribution is 2.42. The van der Waals surface area contributed by atoms with Gasteiger partial charge in [-0.3, -0.25) is 9.69 Å². The molecule has 6 nitrogen and oxygen atoms in total. The van der Waals surface area contributed by atoms with Crippen molar-refractivity contribution in [2.75, 3.05) is 10.6 Å². The fourth-order valence-electron chi connectivity index (χ4n) is 2.69. The van der Waals surface area contributed by atoms with Gasteiger partial charge in [0.15, 0.2) is 5.60 Å². The van der Waals surface area contributed by atoms with Crippen molar-refractivity contribution < 1.29 is 14.1 Å². The maximum Gasteiger partial charge on any atom is 0.271 e. The number of anilines is 2. The van der Waals surface area contributed by atoms with Crippen molar-refractivity contribution in [3.05, 3.63) is 35.2 Å². The SMILES string of the molecule is Cc1noc(C)c1CN1C(=O)C(C)(C)Oc2cccc(N)c21. The van der Waals surface area contributed by atoms with Crippen molar-refractivity contribution in [2.45, 2.75) is 39.8 Å². The highest BCUT2D eigenvalue weighted by atomic mass is 16.5. The van der Waals surface area contributed by atoms with E-state index in [9.17, 15) is 4.79 Å². The van der Waals surface area contributed by atoms with Gasteiger partial charge in [0.1, 0.15) is 17.2 Å². The summed E-state index contributed by atoms with van der Waals surface area (Å²) in [6, 6.07) is 5.39. The molecule has 1 aromatic carbocycles. The molecule has 1 amide bonds. The minimum absolute atomic E-state index is 0.141. The summed E-state index contributed by atoms with van der Waals surface area (Å²) in [4.78, 5) is 14.5. The zero-order valence-corrected chi connectivity index (χ0v) is 13.1. The molecule has 0 radical (unpaired) electrons. The molecule has 0 aliphatic carbocycles. The summed E-state index contributed by atoms with van der Waals surface area (Å²) in [6.07, 6.45) is 0. The van der Waals surface area contributed by atoms with E-state index in [0.717, 1.165) is 11.3 Å². The van der Waals surface area contributed by atoms with Crippen LogP contribution in [0.1, 0.15) is 30.9 Å². The van der Waals surface area contributed by atoms with E-state index in [4.69, 9.17) is 15.0 Å². The van der Waals surface area contributed by atoms with Gasteiger partial charge in [-0.15, -0.1) is 0 Å². The van der Waals surface area contributed by atoms with E-state index in [0.29, 0.717) is 29.4 Å². The first kappa shape index (κ1) is 14.4. The number of fused-ring (bicyclic) bond motifs is 1. The Bertz CT molecular complexity index is 730. The number of hydrogen-bond donors (Lipinski definition) is 1. The largest absolute Gasteiger partial charge is 0.476 e. The van der Waals surface area contributed by atoms with Gasteiger partial charge in [0.25, 0.3) is 5.91 Å². The second kappa shape index (κ2) is 4.76. The molecule has 2 aromatic rings. The number of amides is 1. The molecule has 0 fully saturated rings. The third kappa shape index (κ3) is 2.11. The Morgan fingerprint density at radius 3 is 2.68 bits per heavy atom. The van der Waals surface area contributed by atoms with Crippen molar-refractivity contribution in [2.24, 2.45) is 0 Å². The molecule has 0 atom stereocenters. The maximum atomic E-state index is 12.8. The van der Waals surface area contributed by atoms with Crippen LogP contribution in [-0.2, 0) is 11.3 Å². The molecule has 1 aliphatic heterocycles. The Kier molecular flexibility index (Phi) is 3.12. The fourth-order valence-corrected chi connectivity index (χ4v) is 2.69. The maximum absolute atomic E-state index is 12.8. The predicted octanol–water partition coefficient (Wildman–Crippen LogP) is 2.58. The normalized spacial score (nSPS) is 16.4. The van der Waals surface area contributed by atoms with Crippen LogP contribution < -0.4 is 15.4 Å². The molecule has 22 heavy (non-hydrogen) atoms. The van der Waals surface area contributed by atoms with Crippen LogP contribution in [0.3, 0.4) is 0 Å². The second-order valence-corrected chi connectivity index (χ2v) is 6.00. The molecule has 1 aromatic heterocycles. The van der Waals surface area contributed by atoms with Crippen LogP contribution in [0.25, 0.3) is 0 Å². The lowest BCUT2D eigenvalue weighted by Crippen LogP contribution is -2.52. The average molecular weight is 301 g/mol. The Balaban J connectivity index is 2.11. The number of nitrogen functional groups attached to an aromatic ring is 1. The van der Waals surface area contributed by atoms with E-state index in [2.05, 4.69) is 5.16 Å². The number of nitrogens with zero attached hydrogens (tertiary/aromatic N) is 2. The Labute approximate surface area is 128 Å². The molecule has 0 saturated carbocycles. The van der Waals surface area contributed by atoms with Gasteiger partial charge in [-0.2, -0.15) is 0 Å². The van der Waals surface area contributed by atoms with Crippen LogP contribution in [0.15, 0.2) is 22.7 Å². The van der Waals surface area contributed by atoms with Crippen LogP contribution in [0.5, 0.6) is 5.75 Å². The third-order valence-corrected chi connectivity index (χ3v) is 3.92. The molecule has 2 N–H and O–H groups in total. The summed E-state index contributed by atoms with van der Waals surface area (Å²) in [7, 11) is 0. The second-order valence-electron chi connectivity index (χ2n) is 6.00. The smallest absolute Gasteiger partial charge is 0.271 e. The highest BCUT2D eigenvalue weighted by molar-refractivity contribution is 6.04. The van der Waals surface area contributed by atoms with Gasteiger partial charge < -0.3 is 15.0 Å². The van der Waals surface area contributed by atoms with Gasteiger partial charge in [-0.25, -0.2) is 0 Å². The van der Waals surface area contributed by atoms with Gasteiger partial charge in [0.2, 0.25) is 0 Å². The van der Waals surface area contributed by atoms with E-state index in [-0.39, 0.29) is 5.91 Å². The summed E-state index contributed by atoms with van der Waals surface area (Å²) in [5.41, 5.74) is 7.90. The number of carbonyl (C=O) groups is 1. The lowest BCUT2D eigenvalue weighted by molar-refractivity contribution is -0.132. The molecular formula is C16H19N3O3. The zero-order valence-electron chi connectivity index (χ0n) is 13.1. The average Bonchev–Trinajstić information content (AvgIpc) is 2.75. The first-order valence-electron chi connectivity index (χ1n) is 7.12. The number of aryl methyl sites for hydroxylation is 2. The summed E-state index contributed by atoms with van der Waals surface area (Å²) in [5.74, 6) is 1.17. The van der Waals surface area contributed by atoms with Crippen LogP contribution in [0.4, 0.5) is 11.4 Å². The van der Waals surface area contributed by atoms with Crippen molar-refractivity contribution in [3.8, 4) is 5.75 Å². The van der Waals surface area contributed by atoms with E-state index in [1.54, 1.807) is 24.8 Å². The standard InChI is InChI=1S/C16H19N3O3/c1-9-11(10(2)22-18-9)8-19-14-12(17)6-5-7-13(14)21-16(3,4)15(19)20/h5-7H,8,17H2,1-4H3. The lowest BCUT2D eigenvalue weighted by Gasteiger charge is -2.39. The van der Waals surface area contributed by atoms with Gasteiger partial charge in [-0.1, -0.05) is 11.2 Å². The van der Waals surface area contributed by atoms with Crippen LogP contribution in [0.2, 0.25) is 0 Å². The monoisotopic (exact) mass is 301 g/mol. The number of hydrogen-bond acceptors (Lipinski definition) is 5. The topological polar surface area (TPSA) is 81.6 Å². The molecule has 0 unspecified atom stereocenters. The molecule has 2 heterocycles. The summed E-state index contributed by atoms with van der Waals surface area (Å²) >= 11 is 0. The van der Waals surface area contributed by atoms with Crippen LogP contribution in [0, 0.1) is 13.8 Å². The van der Waals surface area contributed by atoms with Gasteiger partial charge in [0.05, 0.1) is 17.9 Å². The number of para-hydroxylation sites is 1. The van der Waals surface area contributed by atoms with Gasteiger partial charge in [0, 0.05) is 5.56 Å². The molecule has 0 saturated heterocycles. The Morgan fingerprint density at radius 1 is 1.32 bits per heavy atom. The summed E-state index contributed by atoms with van der Waals surface area (Å²) in [6.45, 7) is 7.55. The summed E-state index contributed by atoms with van der Waals surface area (Å²) in [5, 5.41) is 3.95. The molecule has 0 bridgehead atoms. The molecule has 6 heteroatoms. The number of ether oxygens (including phenoxy) is 1. The molecule has 0 spiro atoms. The number of nitrogens with two attached hydrogens (primary N) is 1. The van der Waals surface area contributed by atoms with Gasteiger partial charge >= 0.3 is 0 Å². The fraction of sp³-hybridized carbons (Fsp3) is 0.375. The highest BCUT2D eigenvalue weighted by Gasteiger charge is 2.42. The molecule has 3 rings (SSSR count). The summed E-state index contributed by atoms with van der Waals surface area (Å²) < 4.78 is 11.0. The van der Waals surface area contributed by atoms with Crippen molar-refractivity contribution in [3.63, 3.8) is 0 Å². The zero-order chi connectivity index (χ0) is 16.1. The predicted molar refractivity (Wildman–Crippen MR) is 82.7 cm³/mol. The number of carbonyl (C=O) groups excluding carboxylic acids is 1. The van der Waals surface area contributed by atoms with Crippen molar-refractivity contribution in [1.29, 1.82) is 0 Å². The first-order chi connectivity index (χ1) is 10.3. The minimum Gasteiger partial charge on any atom is -0.476 e. The number of aromatic nitrogens is 1. The lowest BCUT2D eigenvalue weighted by atomic mass is 10.0. The van der Waals surface area contributed by atoms with E-state index in [1.165, 1.54) is 0 Å². The first-order valence-corrected chi connectivity index (χ1v) is 7.12. The molecule has 116 valence electrons. The van der Waals surface area contributed by atoms with Crippen molar-refractivity contribution in [1.82, 2.24) is 5.16 Å². The van der Waals surface area contributed by atoms with E-state index < -0.39 is 5.60 Å². The van der Waals surface area contributed by atoms with E-state index in [1.807, 2.05) is 26.0 Å². The minimum atomic E-state index is -0.945.